The van der Waals surface area contributed by atoms with Gasteiger partial charge < -0.3 is 5.11 Å². The third-order valence-corrected chi connectivity index (χ3v) is 2.01. The summed E-state index contributed by atoms with van der Waals surface area (Å²) in [7, 11) is 0. The fourth-order valence-corrected chi connectivity index (χ4v) is 1.27. The molecular weight excluding hydrogens is 166 g/mol. The van der Waals surface area contributed by atoms with Crippen LogP contribution in [0, 0.1) is 0 Å². The van der Waals surface area contributed by atoms with Crippen molar-refractivity contribution in [2.75, 3.05) is 0 Å². The second kappa shape index (κ2) is 2.73. The maximum Gasteiger partial charge on any atom is 0.217 e. The molecule has 1 N–H and O–H groups in total. The van der Waals surface area contributed by atoms with E-state index in [1.165, 1.54) is 0 Å². The second-order valence-corrected chi connectivity index (χ2v) is 3.31. The molecule has 0 spiro atoms. The van der Waals surface area contributed by atoms with Gasteiger partial charge in [0, 0.05) is 17.8 Å². The van der Waals surface area contributed by atoms with Crippen molar-refractivity contribution in [3.8, 4) is 5.88 Å². The van der Waals surface area contributed by atoms with Crippen LogP contribution in [0.2, 0.25) is 0 Å². The number of aromatic nitrogens is 3. The summed E-state index contributed by atoms with van der Waals surface area (Å²) in [4.78, 5) is 4.01. The lowest BCUT2D eigenvalue weighted by Gasteiger charge is -2.06. The molecule has 2 aromatic rings. The van der Waals surface area contributed by atoms with Crippen molar-refractivity contribution in [2.45, 2.75) is 19.8 Å². The average Bonchev–Trinajstić information content (AvgIpc) is 2.48. The summed E-state index contributed by atoms with van der Waals surface area (Å²) in [6.45, 7) is 4.01. The Kier molecular flexibility index (Phi) is 1.69. The molecule has 4 nitrogen and oxygen atoms in total. The minimum Gasteiger partial charge on any atom is -0.493 e. The number of fused-ring (bicyclic) bond motifs is 1. The first-order valence-electron chi connectivity index (χ1n) is 4.21. The molecule has 0 radical (unpaired) electrons. The fraction of sp³-hybridized carbons (Fsp3) is 0.333. The molecule has 2 heterocycles. The lowest BCUT2D eigenvalue weighted by Crippen LogP contribution is -1.97. The Labute approximate surface area is 75.8 Å². The number of hydrogen-bond acceptors (Lipinski definition) is 3. The fourth-order valence-electron chi connectivity index (χ4n) is 1.27. The third kappa shape index (κ3) is 1.24. The van der Waals surface area contributed by atoms with Crippen LogP contribution in [0.5, 0.6) is 5.88 Å². The monoisotopic (exact) mass is 177 g/mol. The highest BCUT2D eigenvalue weighted by Gasteiger charge is 2.08. The summed E-state index contributed by atoms with van der Waals surface area (Å²) in [5.74, 6) is 0.351. The predicted octanol–water partition coefficient (Wildman–Crippen LogP) is 1.56. The molecular formula is C9H11N3O. The van der Waals surface area contributed by atoms with Gasteiger partial charge in [-0.1, -0.05) is 13.8 Å². The van der Waals surface area contributed by atoms with Gasteiger partial charge in [-0.05, 0) is 5.92 Å². The molecule has 0 aromatic carbocycles. The minimum atomic E-state index is 0.100. The van der Waals surface area contributed by atoms with Gasteiger partial charge in [0.1, 0.15) is 0 Å². The normalized spacial score (nSPS) is 11.3. The van der Waals surface area contributed by atoms with E-state index < -0.39 is 0 Å². The zero-order valence-electron chi connectivity index (χ0n) is 7.60. The lowest BCUT2D eigenvalue weighted by atomic mass is 10.1. The molecule has 2 aromatic heterocycles. The molecule has 0 fully saturated rings. The van der Waals surface area contributed by atoms with E-state index in [4.69, 9.17) is 0 Å². The molecule has 68 valence electrons. The highest BCUT2D eigenvalue weighted by atomic mass is 16.3. The Morgan fingerprint density at radius 3 is 2.92 bits per heavy atom. The number of aromatic hydroxyl groups is 1. The van der Waals surface area contributed by atoms with E-state index >= 15 is 0 Å². The van der Waals surface area contributed by atoms with Crippen molar-refractivity contribution in [1.29, 1.82) is 0 Å². The van der Waals surface area contributed by atoms with Gasteiger partial charge in [0.05, 0.1) is 6.20 Å². The van der Waals surface area contributed by atoms with Gasteiger partial charge in [0.2, 0.25) is 5.88 Å². The Balaban J connectivity index is 2.69. The molecule has 0 aliphatic heterocycles. The molecule has 0 atom stereocenters. The van der Waals surface area contributed by atoms with Crippen LogP contribution in [0.4, 0.5) is 0 Å². The standard InChI is InChI=1S/C9H11N3O/c1-6(2)7-5-12-8(3-4-10-12)11-9(7)13/h3-6H,1-2H3,(H,11,13). The highest BCUT2D eigenvalue weighted by Crippen LogP contribution is 2.22. The van der Waals surface area contributed by atoms with Crippen molar-refractivity contribution in [3.05, 3.63) is 24.0 Å². The van der Waals surface area contributed by atoms with E-state index in [0.717, 1.165) is 5.56 Å². The van der Waals surface area contributed by atoms with Gasteiger partial charge in [-0.2, -0.15) is 10.1 Å². The number of hydrogen-bond donors (Lipinski definition) is 1. The lowest BCUT2D eigenvalue weighted by molar-refractivity contribution is 0.442. The summed E-state index contributed by atoms with van der Waals surface area (Å²) in [5.41, 5.74) is 1.48. The van der Waals surface area contributed by atoms with Crippen molar-refractivity contribution in [3.63, 3.8) is 0 Å². The predicted molar refractivity (Wildman–Crippen MR) is 48.7 cm³/mol. The van der Waals surface area contributed by atoms with E-state index in [1.807, 2.05) is 20.0 Å². The zero-order valence-corrected chi connectivity index (χ0v) is 7.60. The van der Waals surface area contributed by atoms with Crippen molar-refractivity contribution >= 4 is 5.65 Å². The van der Waals surface area contributed by atoms with Crippen LogP contribution in [0.15, 0.2) is 18.5 Å². The van der Waals surface area contributed by atoms with E-state index in [9.17, 15) is 5.11 Å². The first kappa shape index (κ1) is 8.04. The minimum absolute atomic E-state index is 0.100. The van der Waals surface area contributed by atoms with E-state index in [-0.39, 0.29) is 11.8 Å². The summed E-state index contributed by atoms with van der Waals surface area (Å²) < 4.78 is 1.66. The van der Waals surface area contributed by atoms with Crippen LogP contribution in [-0.2, 0) is 0 Å². The SMILES string of the molecule is CC(C)c1cn2nccc2nc1O. The Morgan fingerprint density at radius 2 is 2.23 bits per heavy atom. The Hall–Kier alpha value is -1.58. The maximum absolute atomic E-state index is 9.55. The highest BCUT2D eigenvalue weighted by molar-refractivity contribution is 5.41. The molecule has 0 saturated heterocycles. The molecule has 4 heteroatoms. The van der Waals surface area contributed by atoms with Gasteiger partial charge in [-0.25, -0.2) is 4.52 Å². The molecule has 0 unspecified atom stereocenters. The van der Waals surface area contributed by atoms with E-state index in [2.05, 4.69) is 10.1 Å². The van der Waals surface area contributed by atoms with Crippen molar-refractivity contribution < 1.29 is 5.11 Å². The molecule has 13 heavy (non-hydrogen) atoms. The molecule has 0 aliphatic carbocycles. The van der Waals surface area contributed by atoms with Gasteiger partial charge in [0.15, 0.2) is 5.65 Å². The second-order valence-electron chi connectivity index (χ2n) is 3.31. The molecule has 0 bridgehead atoms. The molecule has 0 saturated carbocycles. The molecule has 0 aliphatic rings. The van der Waals surface area contributed by atoms with Crippen LogP contribution in [0.25, 0.3) is 5.65 Å². The summed E-state index contributed by atoms with van der Waals surface area (Å²) >= 11 is 0. The first-order chi connectivity index (χ1) is 6.18. The third-order valence-electron chi connectivity index (χ3n) is 2.01. The topological polar surface area (TPSA) is 50.4 Å². The number of rotatable bonds is 1. The Morgan fingerprint density at radius 1 is 1.46 bits per heavy atom. The van der Waals surface area contributed by atoms with E-state index in [1.54, 1.807) is 16.8 Å². The number of nitrogens with zero attached hydrogens (tertiary/aromatic N) is 3. The van der Waals surface area contributed by atoms with Crippen molar-refractivity contribution in [2.24, 2.45) is 0 Å². The van der Waals surface area contributed by atoms with Crippen LogP contribution in [-0.4, -0.2) is 19.7 Å². The largest absolute Gasteiger partial charge is 0.493 e. The van der Waals surface area contributed by atoms with E-state index in [0.29, 0.717) is 5.65 Å². The summed E-state index contributed by atoms with van der Waals surface area (Å²) in [6, 6.07) is 1.75. The van der Waals surface area contributed by atoms with Crippen LogP contribution < -0.4 is 0 Å². The summed E-state index contributed by atoms with van der Waals surface area (Å²) in [5, 5.41) is 13.6. The smallest absolute Gasteiger partial charge is 0.217 e. The van der Waals surface area contributed by atoms with Crippen molar-refractivity contribution in [1.82, 2.24) is 14.6 Å². The van der Waals surface area contributed by atoms with Crippen LogP contribution >= 0.6 is 0 Å². The van der Waals surface area contributed by atoms with Crippen LogP contribution in [0.1, 0.15) is 25.3 Å². The quantitative estimate of drug-likeness (QED) is 0.719. The van der Waals surface area contributed by atoms with Gasteiger partial charge in [0.25, 0.3) is 0 Å². The Bertz CT molecular complexity index is 433. The maximum atomic E-state index is 9.55. The first-order valence-corrected chi connectivity index (χ1v) is 4.21. The van der Waals surface area contributed by atoms with Gasteiger partial charge >= 0.3 is 0 Å². The average molecular weight is 177 g/mol. The zero-order chi connectivity index (χ0) is 9.42. The molecule has 0 amide bonds. The van der Waals surface area contributed by atoms with Gasteiger partial charge in [-0.3, -0.25) is 0 Å². The van der Waals surface area contributed by atoms with Gasteiger partial charge in [-0.15, -0.1) is 0 Å². The van der Waals surface area contributed by atoms with Crippen LogP contribution in [0.3, 0.4) is 0 Å². The summed E-state index contributed by atoms with van der Waals surface area (Å²) in [6.07, 6.45) is 3.47. The molecule has 2 rings (SSSR count).